The van der Waals surface area contributed by atoms with Gasteiger partial charge in [-0.25, -0.2) is 0 Å². The molecule has 5 heteroatoms. The van der Waals surface area contributed by atoms with E-state index >= 15 is 0 Å². The molecule has 0 saturated carbocycles. The van der Waals surface area contributed by atoms with E-state index < -0.39 is 8.25 Å². The van der Waals surface area contributed by atoms with Crippen LogP contribution < -0.4 is 0 Å². The second kappa shape index (κ2) is 4.87. The summed E-state index contributed by atoms with van der Waals surface area (Å²) in [6, 6.07) is 0. The van der Waals surface area contributed by atoms with Crippen molar-refractivity contribution in [3.05, 3.63) is 0 Å². The first-order valence-corrected chi connectivity index (χ1v) is 5.22. The third-order valence-electron chi connectivity index (χ3n) is 1.92. The lowest BCUT2D eigenvalue weighted by Gasteiger charge is -2.04. The van der Waals surface area contributed by atoms with Gasteiger partial charge in [-0.15, -0.1) is 9.42 Å². The molecule has 0 aromatic carbocycles. The molecule has 0 radical (unpaired) electrons. The SMILES string of the molecule is CC1CO[C@H](CCO[P+](=O)O)C1. The van der Waals surface area contributed by atoms with Gasteiger partial charge < -0.3 is 4.74 Å². The Kier molecular flexibility index (Phi) is 4.09. The van der Waals surface area contributed by atoms with Crippen LogP contribution in [0.5, 0.6) is 0 Å². The number of hydrogen-bond acceptors (Lipinski definition) is 3. The molecule has 1 aliphatic heterocycles. The molecule has 0 spiro atoms. The number of hydrogen-bond donors (Lipinski definition) is 1. The van der Waals surface area contributed by atoms with Crippen molar-refractivity contribution in [2.75, 3.05) is 13.2 Å². The van der Waals surface area contributed by atoms with Crippen LogP contribution in [0.15, 0.2) is 0 Å². The third-order valence-corrected chi connectivity index (χ3v) is 2.33. The zero-order valence-corrected chi connectivity index (χ0v) is 8.00. The Morgan fingerprint density at radius 1 is 1.75 bits per heavy atom. The van der Waals surface area contributed by atoms with E-state index in [0.717, 1.165) is 13.0 Å². The molecule has 12 heavy (non-hydrogen) atoms. The third kappa shape index (κ3) is 3.59. The quantitative estimate of drug-likeness (QED) is 0.687. The fraction of sp³-hybridized carbons (Fsp3) is 1.00. The lowest BCUT2D eigenvalue weighted by atomic mass is 10.1. The average Bonchev–Trinajstić information content (AvgIpc) is 2.35. The van der Waals surface area contributed by atoms with Gasteiger partial charge in [0.2, 0.25) is 0 Å². The van der Waals surface area contributed by atoms with E-state index in [1.54, 1.807) is 0 Å². The fourth-order valence-electron chi connectivity index (χ4n) is 1.35. The molecular weight excluding hydrogens is 179 g/mol. The second-order valence-corrected chi connectivity index (χ2v) is 3.89. The van der Waals surface area contributed by atoms with Crippen molar-refractivity contribution in [3.8, 4) is 0 Å². The normalized spacial score (nSPS) is 30.7. The van der Waals surface area contributed by atoms with E-state index in [0.29, 0.717) is 18.9 Å². The highest BCUT2D eigenvalue weighted by Crippen LogP contribution is 2.23. The van der Waals surface area contributed by atoms with Crippen molar-refractivity contribution < 1.29 is 18.7 Å². The smallest absolute Gasteiger partial charge is 0.378 e. The molecule has 1 N–H and O–H groups in total. The summed E-state index contributed by atoms with van der Waals surface area (Å²) in [5, 5.41) is 0. The molecule has 4 nitrogen and oxygen atoms in total. The topological polar surface area (TPSA) is 55.8 Å². The first kappa shape index (κ1) is 10.1. The highest BCUT2D eigenvalue weighted by Gasteiger charge is 2.23. The Bertz CT molecular complexity index is 161. The Labute approximate surface area is 72.8 Å². The minimum Gasteiger partial charge on any atom is -0.378 e. The Hall–Kier alpha value is -0.0200. The summed E-state index contributed by atoms with van der Waals surface area (Å²) in [5.41, 5.74) is 0. The molecule has 0 bridgehead atoms. The highest BCUT2D eigenvalue weighted by molar-refractivity contribution is 7.32. The largest absolute Gasteiger partial charge is 0.694 e. The molecule has 0 amide bonds. The lowest BCUT2D eigenvalue weighted by molar-refractivity contribution is 0.0873. The van der Waals surface area contributed by atoms with E-state index in [-0.39, 0.29) is 6.10 Å². The zero-order chi connectivity index (χ0) is 8.97. The summed E-state index contributed by atoms with van der Waals surface area (Å²) in [6.07, 6.45) is 1.97. The first-order valence-electron chi connectivity index (χ1n) is 4.09. The molecule has 70 valence electrons. The van der Waals surface area contributed by atoms with Crippen LogP contribution in [0.4, 0.5) is 0 Å². The van der Waals surface area contributed by atoms with E-state index in [9.17, 15) is 4.57 Å². The summed E-state index contributed by atoms with van der Waals surface area (Å²) in [4.78, 5) is 8.32. The van der Waals surface area contributed by atoms with Crippen molar-refractivity contribution in [1.82, 2.24) is 0 Å². The van der Waals surface area contributed by atoms with Gasteiger partial charge in [-0.1, -0.05) is 6.92 Å². The van der Waals surface area contributed by atoms with Gasteiger partial charge in [0.15, 0.2) is 0 Å². The Balaban J connectivity index is 2.04. The molecule has 1 heterocycles. The van der Waals surface area contributed by atoms with Crippen molar-refractivity contribution in [2.45, 2.75) is 25.9 Å². The van der Waals surface area contributed by atoms with Gasteiger partial charge in [-0.3, -0.25) is 0 Å². The van der Waals surface area contributed by atoms with Gasteiger partial charge in [-0.2, -0.15) is 0 Å². The maximum Gasteiger partial charge on any atom is 0.694 e. The maximum atomic E-state index is 10.1. The molecule has 1 aliphatic rings. The summed E-state index contributed by atoms with van der Waals surface area (Å²) < 4.78 is 20.0. The van der Waals surface area contributed by atoms with Crippen molar-refractivity contribution >= 4 is 8.25 Å². The van der Waals surface area contributed by atoms with E-state index in [4.69, 9.17) is 9.63 Å². The summed E-state index contributed by atoms with van der Waals surface area (Å²) in [7, 11) is -2.44. The Morgan fingerprint density at radius 3 is 3.00 bits per heavy atom. The number of rotatable bonds is 4. The molecule has 0 aromatic rings. The molecule has 1 saturated heterocycles. The predicted octanol–water partition coefficient (Wildman–Crippen LogP) is 1.47. The first-order chi connectivity index (χ1) is 5.68. The standard InChI is InChI=1S/C7H13O4P/c1-6-4-7(10-5-6)2-3-11-12(8)9/h6-7H,2-5H2,1H3/p+1/t6?,7-/m1/s1. The maximum absolute atomic E-state index is 10.1. The predicted molar refractivity (Wildman–Crippen MR) is 43.9 cm³/mol. The number of ether oxygens (including phenoxy) is 1. The van der Waals surface area contributed by atoms with Gasteiger partial charge in [0.25, 0.3) is 0 Å². The van der Waals surface area contributed by atoms with Crippen LogP contribution in [0.1, 0.15) is 19.8 Å². The average molecular weight is 193 g/mol. The van der Waals surface area contributed by atoms with E-state index in [1.165, 1.54) is 0 Å². The molecule has 0 aromatic heterocycles. The van der Waals surface area contributed by atoms with Crippen LogP contribution >= 0.6 is 8.25 Å². The van der Waals surface area contributed by atoms with E-state index in [2.05, 4.69) is 11.4 Å². The zero-order valence-electron chi connectivity index (χ0n) is 7.10. The van der Waals surface area contributed by atoms with Crippen LogP contribution in [0.25, 0.3) is 0 Å². The molecule has 1 rings (SSSR count). The molecule has 1 fully saturated rings. The molecule has 2 unspecified atom stereocenters. The minimum atomic E-state index is -2.44. The lowest BCUT2D eigenvalue weighted by Crippen LogP contribution is -2.07. The van der Waals surface area contributed by atoms with Crippen molar-refractivity contribution in [2.24, 2.45) is 5.92 Å². The second-order valence-electron chi connectivity index (χ2n) is 3.16. The van der Waals surface area contributed by atoms with Crippen LogP contribution in [0, 0.1) is 5.92 Å². The summed E-state index contributed by atoms with van der Waals surface area (Å²) >= 11 is 0. The van der Waals surface area contributed by atoms with Crippen LogP contribution in [0.2, 0.25) is 0 Å². The van der Waals surface area contributed by atoms with Crippen molar-refractivity contribution in [1.29, 1.82) is 0 Å². The summed E-state index contributed by atoms with van der Waals surface area (Å²) in [6.45, 7) is 3.24. The molecule has 3 atom stereocenters. The van der Waals surface area contributed by atoms with Gasteiger partial charge in [-0.05, 0) is 12.3 Å². The van der Waals surface area contributed by atoms with Gasteiger partial charge in [0, 0.05) is 17.6 Å². The Morgan fingerprint density at radius 2 is 2.50 bits per heavy atom. The minimum absolute atomic E-state index is 0.218. The van der Waals surface area contributed by atoms with Crippen molar-refractivity contribution in [3.63, 3.8) is 0 Å². The van der Waals surface area contributed by atoms with Gasteiger partial charge >= 0.3 is 8.25 Å². The van der Waals surface area contributed by atoms with Crippen LogP contribution in [0.3, 0.4) is 0 Å². The van der Waals surface area contributed by atoms with Gasteiger partial charge in [0.05, 0.1) is 6.10 Å². The van der Waals surface area contributed by atoms with Gasteiger partial charge in [0.1, 0.15) is 6.61 Å². The van der Waals surface area contributed by atoms with E-state index in [1.807, 2.05) is 0 Å². The monoisotopic (exact) mass is 193 g/mol. The highest BCUT2D eigenvalue weighted by atomic mass is 31.1. The molecule has 0 aliphatic carbocycles. The van der Waals surface area contributed by atoms with Crippen LogP contribution in [-0.4, -0.2) is 24.2 Å². The van der Waals surface area contributed by atoms with Crippen LogP contribution in [-0.2, 0) is 13.8 Å². The summed E-state index contributed by atoms with van der Waals surface area (Å²) in [5.74, 6) is 0.609. The molecular formula is C7H14O4P+. The fourth-order valence-corrected chi connectivity index (χ4v) is 1.61.